The molecule has 0 atom stereocenters. The number of oxazole rings is 1. The molecule has 1 aliphatic heterocycles. The van der Waals surface area contributed by atoms with Gasteiger partial charge in [-0.05, 0) is 18.2 Å². The lowest BCUT2D eigenvalue weighted by Crippen LogP contribution is -2.22. The molecule has 5 heteroatoms. The SMILES string of the molecule is COc1ccc(-c2nc3c(o2)CCNC3)cc1OC. The van der Waals surface area contributed by atoms with Gasteiger partial charge >= 0.3 is 0 Å². The number of benzene rings is 1. The second kappa shape index (κ2) is 4.93. The van der Waals surface area contributed by atoms with Crippen molar-refractivity contribution in [3.05, 3.63) is 29.7 Å². The summed E-state index contributed by atoms with van der Waals surface area (Å²) in [5.41, 5.74) is 1.89. The van der Waals surface area contributed by atoms with Crippen LogP contribution in [0.3, 0.4) is 0 Å². The first kappa shape index (κ1) is 12.0. The number of hydrogen-bond acceptors (Lipinski definition) is 5. The van der Waals surface area contributed by atoms with Crippen molar-refractivity contribution in [1.82, 2.24) is 10.3 Å². The van der Waals surface area contributed by atoms with Crippen LogP contribution in [-0.2, 0) is 13.0 Å². The minimum atomic E-state index is 0.634. The number of ether oxygens (including phenoxy) is 2. The lowest BCUT2D eigenvalue weighted by molar-refractivity contribution is 0.355. The topological polar surface area (TPSA) is 56.5 Å². The van der Waals surface area contributed by atoms with Crippen LogP contribution in [0.15, 0.2) is 22.6 Å². The summed E-state index contributed by atoms with van der Waals surface area (Å²) in [6.07, 6.45) is 0.885. The highest BCUT2D eigenvalue weighted by molar-refractivity contribution is 5.60. The lowest BCUT2D eigenvalue weighted by Gasteiger charge is -2.08. The van der Waals surface area contributed by atoms with Crippen LogP contribution in [0.4, 0.5) is 0 Å². The van der Waals surface area contributed by atoms with E-state index in [1.54, 1.807) is 14.2 Å². The smallest absolute Gasteiger partial charge is 0.226 e. The molecule has 0 bridgehead atoms. The molecule has 2 aromatic rings. The Kier molecular flexibility index (Phi) is 3.13. The van der Waals surface area contributed by atoms with Crippen molar-refractivity contribution in [2.24, 2.45) is 0 Å². The first-order valence-electron chi connectivity index (χ1n) is 6.23. The summed E-state index contributed by atoms with van der Waals surface area (Å²) in [6.45, 7) is 1.71. The molecule has 0 amide bonds. The third kappa shape index (κ3) is 2.17. The van der Waals surface area contributed by atoms with E-state index in [4.69, 9.17) is 13.9 Å². The third-order valence-electron chi connectivity index (χ3n) is 3.23. The highest BCUT2D eigenvalue weighted by Crippen LogP contribution is 2.33. The average Bonchev–Trinajstić information content (AvgIpc) is 2.90. The van der Waals surface area contributed by atoms with E-state index in [9.17, 15) is 0 Å². The zero-order valence-corrected chi connectivity index (χ0v) is 11.0. The van der Waals surface area contributed by atoms with Crippen LogP contribution in [0.5, 0.6) is 11.5 Å². The van der Waals surface area contributed by atoms with Crippen LogP contribution in [0.25, 0.3) is 11.5 Å². The first-order chi connectivity index (χ1) is 9.31. The normalized spacial score (nSPS) is 14.0. The molecular weight excluding hydrogens is 244 g/mol. The molecule has 0 spiro atoms. The lowest BCUT2D eigenvalue weighted by atomic mass is 10.2. The van der Waals surface area contributed by atoms with Gasteiger partial charge in [-0.3, -0.25) is 0 Å². The fraction of sp³-hybridized carbons (Fsp3) is 0.357. The van der Waals surface area contributed by atoms with Crippen LogP contribution < -0.4 is 14.8 Å². The van der Waals surface area contributed by atoms with E-state index in [0.717, 1.165) is 36.5 Å². The largest absolute Gasteiger partial charge is 0.493 e. The minimum absolute atomic E-state index is 0.634. The highest BCUT2D eigenvalue weighted by atomic mass is 16.5. The van der Waals surface area contributed by atoms with Gasteiger partial charge in [0.1, 0.15) is 5.76 Å². The average molecular weight is 260 g/mol. The molecule has 2 heterocycles. The fourth-order valence-electron chi connectivity index (χ4n) is 2.22. The summed E-state index contributed by atoms with van der Waals surface area (Å²) in [4.78, 5) is 4.53. The predicted octanol–water partition coefficient (Wildman–Crippen LogP) is 2.00. The second-order valence-electron chi connectivity index (χ2n) is 4.39. The summed E-state index contributed by atoms with van der Waals surface area (Å²) in [6, 6.07) is 5.66. The zero-order valence-electron chi connectivity index (χ0n) is 11.0. The van der Waals surface area contributed by atoms with Crippen LogP contribution in [-0.4, -0.2) is 25.7 Å². The Labute approximate surface area is 111 Å². The Morgan fingerprint density at radius 1 is 1.21 bits per heavy atom. The second-order valence-corrected chi connectivity index (χ2v) is 4.39. The van der Waals surface area contributed by atoms with Gasteiger partial charge in [0.05, 0.1) is 19.9 Å². The van der Waals surface area contributed by atoms with Gasteiger partial charge in [-0.15, -0.1) is 0 Å². The van der Waals surface area contributed by atoms with Crippen molar-refractivity contribution in [3.8, 4) is 23.0 Å². The van der Waals surface area contributed by atoms with Crippen LogP contribution in [0, 0.1) is 0 Å². The molecule has 3 rings (SSSR count). The Bertz CT molecular complexity index is 569. The molecular formula is C14H16N2O3. The summed E-state index contributed by atoms with van der Waals surface area (Å²) in [5, 5.41) is 3.28. The van der Waals surface area contributed by atoms with Crippen molar-refractivity contribution in [2.75, 3.05) is 20.8 Å². The van der Waals surface area contributed by atoms with Gasteiger partial charge in [-0.25, -0.2) is 4.98 Å². The molecule has 19 heavy (non-hydrogen) atoms. The van der Waals surface area contributed by atoms with Gasteiger partial charge in [0.15, 0.2) is 11.5 Å². The fourth-order valence-corrected chi connectivity index (χ4v) is 2.22. The highest BCUT2D eigenvalue weighted by Gasteiger charge is 2.18. The van der Waals surface area contributed by atoms with Gasteiger partial charge in [-0.2, -0.15) is 0 Å². The number of methoxy groups -OCH3 is 2. The summed E-state index contributed by atoms with van der Waals surface area (Å²) >= 11 is 0. The standard InChI is InChI=1S/C14H16N2O3/c1-17-12-4-3-9(7-13(12)18-2)14-16-10-8-15-6-5-11(10)19-14/h3-4,7,15H,5-6,8H2,1-2H3. The van der Waals surface area contributed by atoms with Gasteiger partial charge in [0, 0.05) is 25.1 Å². The minimum Gasteiger partial charge on any atom is -0.493 e. The Morgan fingerprint density at radius 2 is 2.05 bits per heavy atom. The quantitative estimate of drug-likeness (QED) is 0.914. The number of nitrogens with one attached hydrogen (secondary N) is 1. The third-order valence-corrected chi connectivity index (χ3v) is 3.23. The molecule has 1 N–H and O–H groups in total. The van der Waals surface area contributed by atoms with Crippen molar-refractivity contribution < 1.29 is 13.9 Å². The van der Waals surface area contributed by atoms with Gasteiger partial charge in [-0.1, -0.05) is 0 Å². The molecule has 0 saturated heterocycles. The maximum Gasteiger partial charge on any atom is 0.226 e. The van der Waals surface area contributed by atoms with E-state index in [-0.39, 0.29) is 0 Å². The summed E-state index contributed by atoms with van der Waals surface area (Å²) in [7, 11) is 3.24. The Balaban J connectivity index is 1.99. The Morgan fingerprint density at radius 3 is 2.79 bits per heavy atom. The maximum atomic E-state index is 5.82. The van der Waals surface area contributed by atoms with E-state index in [2.05, 4.69) is 10.3 Å². The number of fused-ring (bicyclic) bond motifs is 1. The zero-order chi connectivity index (χ0) is 13.2. The molecule has 0 saturated carbocycles. The van der Waals surface area contributed by atoms with Gasteiger partial charge in [0.2, 0.25) is 5.89 Å². The van der Waals surface area contributed by atoms with Crippen molar-refractivity contribution in [1.29, 1.82) is 0 Å². The van der Waals surface area contributed by atoms with Crippen LogP contribution in [0.2, 0.25) is 0 Å². The van der Waals surface area contributed by atoms with E-state index < -0.39 is 0 Å². The molecule has 0 fully saturated rings. The van der Waals surface area contributed by atoms with E-state index in [1.807, 2.05) is 18.2 Å². The summed E-state index contributed by atoms with van der Waals surface area (Å²) < 4.78 is 16.3. The molecule has 1 aromatic carbocycles. The van der Waals surface area contributed by atoms with Gasteiger partial charge in [0.25, 0.3) is 0 Å². The number of hydrogen-bond donors (Lipinski definition) is 1. The van der Waals surface area contributed by atoms with Crippen molar-refractivity contribution in [2.45, 2.75) is 13.0 Å². The Hall–Kier alpha value is -2.01. The monoisotopic (exact) mass is 260 g/mol. The van der Waals surface area contributed by atoms with E-state index >= 15 is 0 Å². The number of aromatic nitrogens is 1. The van der Waals surface area contributed by atoms with E-state index in [1.165, 1.54) is 0 Å². The van der Waals surface area contributed by atoms with Crippen molar-refractivity contribution >= 4 is 0 Å². The molecule has 1 aromatic heterocycles. The summed E-state index contributed by atoms with van der Waals surface area (Å²) in [5.74, 6) is 2.98. The molecule has 0 radical (unpaired) electrons. The van der Waals surface area contributed by atoms with Crippen molar-refractivity contribution in [3.63, 3.8) is 0 Å². The first-order valence-corrected chi connectivity index (χ1v) is 6.23. The maximum absolute atomic E-state index is 5.82. The molecule has 5 nitrogen and oxygen atoms in total. The molecule has 0 aliphatic carbocycles. The molecule has 100 valence electrons. The number of rotatable bonds is 3. The van der Waals surface area contributed by atoms with Crippen LogP contribution in [0.1, 0.15) is 11.5 Å². The van der Waals surface area contributed by atoms with Crippen LogP contribution >= 0.6 is 0 Å². The number of nitrogens with zero attached hydrogens (tertiary/aromatic N) is 1. The molecule has 1 aliphatic rings. The van der Waals surface area contributed by atoms with Gasteiger partial charge < -0.3 is 19.2 Å². The van der Waals surface area contributed by atoms with E-state index in [0.29, 0.717) is 17.4 Å². The molecule has 0 unspecified atom stereocenters. The predicted molar refractivity (Wildman–Crippen MR) is 70.5 cm³/mol.